The summed E-state index contributed by atoms with van der Waals surface area (Å²) in [6.45, 7) is 2.90. The summed E-state index contributed by atoms with van der Waals surface area (Å²) < 4.78 is 123. The van der Waals surface area contributed by atoms with Gasteiger partial charge in [-0.15, -0.1) is 4.36 Å². The van der Waals surface area contributed by atoms with Crippen molar-refractivity contribution in [2.45, 2.75) is 43.7 Å². The van der Waals surface area contributed by atoms with Crippen LogP contribution in [0.5, 0.6) is 0 Å². The number of aldehydes is 1. The molecule has 3 aromatic rings. The molecule has 3 unspecified atom stereocenters. The van der Waals surface area contributed by atoms with E-state index in [1.165, 1.54) is 26.3 Å². The molecule has 0 spiro atoms. The van der Waals surface area contributed by atoms with Crippen LogP contribution in [-0.2, 0) is 28.3 Å². The molecule has 11 nitrogen and oxygen atoms in total. The number of nitrogens with zero attached hydrogens (tertiary/aromatic N) is 8. The fourth-order valence-corrected chi connectivity index (χ4v) is 3.30. The van der Waals surface area contributed by atoms with Crippen LogP contribution in [0.15, 0.2) is 41.5 Å². The Morgan fingerprint density at radius 1 is 0.767 bits per heavy atom. The molecule has 1 N–H and O–H groups in total. The highest BCUT2D eigenvalue weighted by Gasteiger charge is 2.36. The maximum atomic E-state index is 12.2. The van der Waals surface area contributed by atoms with E-state index in [1.54, 1.807) is 0 Å². The summed E-state index contributed by atoms with van der Waals surface area (Å²) in [4.78, 5) is 28.4. The molecule has 0 aliphatic rings. The van der Waals surface area contributed by atoms with Gasteiger partial charge >= 0.3 is 18.5 Å². The molecule has 0 bridgehead atoms. The van der Waals surface area contributed by atoms with Crippen LogP contribution in [0.25, 0.3) is 0 Å². The number of hydrogen-bond donors (Lipinski definition) is 1. The number of alkyl halides is 9. The zero-order chi connectivity index (χ0) is 33.2. The van der Waals surface area contributed by atoms with E-state index in [0.29, 0.717) is 6.29 Å². The highest BCUT2D eigenvalue weighted by molar-refractivity contribution is 7.93. The van der Waals surface area contributed by atoms with E-state index in [-0.39, 0.29) is 16.7 Å². The molecule has 0 fully saturated rings. The molecule has 3 atom stereocenters. The lowest BCUT2D eigenvalue weighted by atomic mass is 10.2. The van der Waals surface area contributed by atoms with Crippen molar-refractivity contribution in [3.05, 3.63) is 71.3 Å². The topological polar surface area (TPSA) is 168 Å². The number of halogens is 9. The van der Waals surface area contributed by atoms with Crippen LogP contribution in [0.4, 0.5) is 39.5 Å². The Balaban J connectivity index is 0.000000331. The molecule has 0 aromatic carbocycles. The Morgan fingerprint density at radius 3 is 1.37 bits per heavy atom. The minimum atomic E-state index is -4.62. The van der Waals surface area contributed by atoms with E-state index < -0.39 is 57.1 Å². The van der Waals surface area contributed by atoms with Crippen LogP contribution in [0.1, 0.15) is 64.2 Å². The second-order valence-electron chi connectivity index (χ2n) is 8.00. The fraction of sp³-hybridized carbons (Fsp3) is 0.364. The lowest BCUT2D eigenvalue weighted by molar-refractivity contribution is -0.145. The molecule has 0 aliphatic heterocycles. The second-order valence-corrected chi connectivity index (χ2v) is 10.6. The summed E-state index contributed by atoms with van der Waals surface area (Å²) in [6.07, 6.45) is -6.07. The van der Waals surface area contributed by atoms with Crippen molar-refractivity contribution < 1.29 is 53.6 Å². The van der Waals surface area contributed by atoms with E-state index in [9.17, 15) is 48.5 Å². The zero-order valence-corrected chi connectivity index (χ0v) is 22.7. The second kappa shape index (κ2) is 14.7. The van der Waals surface area contributed by atoms with Gasteiger partial charge in [0.05, 0.1) is 26.6 Å². The molecular weight excluding hydrogens is 627 g/mol. The number of rotatable bonds is 4. The van der Waals surface area contributed by atoms with Gasteiger partial charge < -0.3 is 5.11 Å². The van der Waals surface area contributed by atoms with Crippen LogP contribution in [0.2, 0.25) is 0 Å². The van der Waals surface area contributed by atoms with E-state index in [2.05, 4.69) is 34.3 Å². The lowest BCUT2D eigenvalue weighted by Crippen LogP contribution is -2.13. The zero-order valence-electron chi connectivity index (χ0n) is 21.8. The SMILES string of the molecule is CC(O)c1cnc(C(F)(F)F)nc1.CC(c1cnc(C(F)(F)F)nc1)S(C)(=O)=NC#N.O=Cc1cnc(C(F)(F)F)nc1. The van der Waals surface area contributed by atoms with Gasteiger partial charge in [-0.05, 0) is 13.8 Å². The molecule has 21 heteroatoms. The third kappa shape index (κ3) is 11.8. The maximum absolute atomic E-state index is 12.2. The summed E-state index contributed by atoms with van der Waals surface area (Å²) in [5.74, 6) is -3.71. The average Bonchev–Trinajstić information content (AvgIpc) is 2.92. The number of carbonyl (C=O) groups is 1. The lowest BCUT2D eigenvalue weighted by Gasteiger charge is -2.12. The van der Waals surface area contributed by atoms with Crippen LogP contribution >= 0.6 is 0 Å². The van der Waals surface area contributed by atoms with Gasteiger partial charge in [0, 0.05) is 54.6 Å². The number of hydrogen-bond acceptors (Lipinski definition) is 11. The number of aliphatic hydroxyl groups is 1. The van der Waals surface area contributed by atoms with E-state index >= 15 is 0 Å². The van der Waals surface area contributed by atoms with Gasteiger partial charge in [0.2, 0.25) is 23.7 Å². The normalized spacial score (nSPS) is 14.3. The van der Waals surface area contributed by atoms with Crippen molar-refractivity contribution in [3.63, 3.8) is 0 Å². The minimum Gasteiger partial charge on any atom is -0.389 e. The molecule has 234 valence electrons. The standard InChI is InChI=1S/C9H9F3N4OS.C7H7F3N2O.C6H3F3N2O/c1-6(18(2,17)16-5-13)7-3-14-8(15-4-7)9(10,11)12;1-4(13)5-2-11-6(12-3-5)7(8,9)10;7-6(8,9)5-10-1-4(3-12)2-11-5/h3-4,6H,1-2H3;2-4,13H,1H3;1-3H. The van der Waals surface area contributed by atoms with Crippen molar-refractivity contribution in [3.8, 4) is 6.19 Å². The summed E-state index contributed by atoms with van der Waals surface area (Å²) in [5, 5.41) is 16.6. The highest BCUT2D eigenvalue weighted by Crippen LogP contribution is 2.28. The molecule has 3 heterocycles. The van der Waals surface area contributed by atoms with Crippen molar-refractivity contribution in [2.75, 3.05) is 6.26 Å². The first-order valence-electron chi connectivity index (χ1n) is 11.0. The number of aliphatic hydroxyl groups excluding tert-OH is 1. The van der Waals surface area contributed by atoms with Crippen LogP contribution in [0, 0.1) is 11.5 Å². The monoisotopic (exact) mass is 646 g/mol. The van der Waals surface area contributed by atoms with Gasteiger partial charge in [-0.3, -0.25) is 4.79 Å². The van der Waals surface area contributed by atoms with Gasteiger partial charge in [-0.2, -0.15) is 44.8 Å². The van der Waals surface area contributed by atoms with Crippen molar-refractivity contribution in [1.29, 1.82) is 5.26 Å². The molecule has 0 aliphatic carbocycles. The predicted molar refractivity (Wildman–Crippen MR) is 128 cm³/mol. The summed E-state index contributed by atoms with van der Waals surface area (Å²) >= 11 is 0. The maximum Gasteiger partial charge on any atom is 0.451 e. The Kier molecular flexibility index (Phi) is 12.6. The van der Waals surface area contributed by atoms with Crippen LogP contribution < -0.4 is 0 Å². The van der Waals surface area contributed by atoms with E-state index in [0.717, 1.165) is 37.2 Å². The Morgan fingerprint density at radius 2 is 1.09 bits per heavy atom. The molecule has 0 saturated heterocycles. The average molecular weight is 646 g/mol. The molecule has 0 radical (unpaired) electrons. The van der Waals surface area contributed by atoms with Crippen LogP contribution in [0.3, 0.4) is 0 Å². The molecular formula is C22H19F9N8O3S. The fourth-order valence-electron chi connectivity index (χ4n) is 2.35. The van der Waals surface area contributed by atoms with E-state index in [1.807, 2.05) is 0 Å². The van der Waals surface area contributed by atoms with E-state index in [4.69, 9.17) is 10.4 Å². The number of nitriles is 1. The largest absolute Gasteiger partial charge is 0.451 e. The van der Waals surface area contributed by atoms with Gasteiger partial charge in [-0.25, -0.2) is 34.1 Å². The van der Waals surface area contributed by atoms with Gasteiger partial charge in [0.1, 0.15) is 0 Å². The molecule has 3 rings (SSSR count). The van der Waals surface area contributed by atoms with Gasteiger partial charge in [-0.1, -0.05) is 0 Å². The minimum absolute atomic E-state index is 0.0167. The van der Waals surface area contributed by atoms with Gasteiger partial charge in [0.25, 0.3) is 0 Å². The third-order valence-corrected chi connectivity index (χ3v) is 6.77. The van der Waals surface area contributed by atoms with Crippen molar-refractivity contribution >= 4 is 16.0 Å². The highest BCUT2D eigenvalue weighted by atomic mass is 32.2. The summed E-state index contributed by atoms with van der Waals surface area (Å²) in [6, 6.07) is 0. The smallest absolute Gasteiger partial charge is 0.389 e. The van der Waals surface area contributed by atoms with Gasteiger partial charge in [0.15, 0.2) is 6.29 Å². The third-order valence-electron chi connectivity index (χ3n) is 4.74. The molecule has 0 saturated carbocycles. The number of carbonyl (C=O) groups excluding carboxylic acids is 1. The summed E-state index contributed by atoms with van der Waals surface area (Å²) in [7, 11) is -2.86. The molecule has 0 amide bonds. The first kappa shape index (κ1) is 36.7. The Labute approximate surface area is 237 Å². The molecule has 3 aromatic heterocycles. The van der Waals surface area contributed by atoms with Crippen molar-refractivity contribution in [1.82, 2.24) is 29.9 Å². The quantitative estimate of drug-likeness (QED) is 0.232. The van der Waals surface area contributed by atoms with Crippen LogP contribution in [-0.4, -0.2) is 51.8 Å². The number of aromatic nitrogens is 6. The molecule has 43 heavy (non-hydrogen) atoms. The predicted octanol–water partition coefficient (Wildman–Crippen LogP) is 4.99. The summed E-state index contributed by atoms with van der Waals surface area (Å²) in [5.41, 5.74) is 0.505. The first-order chi connectivity index (χ1) is 19.6. The van der Waals surface area contributed by atoms with Crippen molar-refractivity contribution in [2.24, 2.45) is 4.36 Å². The first-order valence-corrected chi connectivity index (χ1v) is 13.0. The Bertz CT molecular complexity index is 1500. The Hall–Kier alpha value is -4.32.